The van der Waals surface area contributed by atoms with Gasteiger partial charge in [-0.15, -0.1) is 5.10 Å². The number of nitrogens with zero attached hydrogens (tertiary/aromatic N) is 3. The molecule has 5 heteroatoms. The third kappa shape index (κ3) is 2.81. The molecular weight excluding hydrogens is 254 g/mol. The lowest BCUT2D eigenvalue weighted by molar-refractivity contribution is 0.0698. The van der Waals surface area contributed by atoms with Crippen LogP contribution in [-0.4, -0.2) is 26.1 Å². The van der Waals surface area contributed by atoms with E-state index in [0.29, 0.717) is 11.0 Å². The van der Waals surface area contributed by atoms with E-state index in [9.17, 15) is 9.90 Å². The van der Waals surface area contributed by atoms with Crippen molar-refractivity contribution in [3.05, 3.63) is 23.8 Å². The van der Waals surface area contributed by atoms with Gasteiger partial charge in [0.25, 0.3) is 0 Å². The van der Waals surface area contributed by atoms with E-state index >= 15 is 0 Å². The SMILES string of the molecule is CCCCC(CCC)n1nnc2cccc(C(=O)O)c21. The Balaban J connectivity index is 2.48. The van der Waals surface area contributed by atoms with Crippen molar-refractivity contribution in [2.45, 2.75) is 52.0 Å². The highest BCUT2D eigenvalue weighted by Gasteiger charge is 2.19. The molecule has 1 unspecified atom stereocenters. The summed E-state index contributed by atoms with van der Waals surface area (Å²) in [5, 5.41) is 17.7. The Morgan fingerprint density at radius 3 is 2.75 bits per heavy atom. The van der Waals surface area contributed by atoms with Gasteiger partial charge in [-0.25, -0.2) is 9.48 Å². The molecule has 1 aromatic heterocycles. The van der Waals surface area contributed by atoms with Gasteiger partial charge in [0.1, 0.15) is 11.0 Å². The zero-order chi connectivity index (χ0) is 14.5. The minimum atomic E-state index is -0.926. The number of fused-ring (bicyclic) bond motifs is 1. The van der Waals surface area contributed by atoms with E-state index in [1.165, 1.54) is 0 Å². The molecule has 108 valence electrons. The molecule has 0 radical (unpaired) electrons. The number of unbranched alkanes of at least 4 members (excludes halogenated alkanes) is 1. The molecule has 1 heterocycles. The molecule has 1 aromatic carbocycles. The topological polar surface area (TPSA) is 68.0 Å². The minimum Gasteiger partial charge on any atom is -0.478 e. The average Bonchev–Trinajstić information content (AvgIpc) is 2.87. The Hall–Kier alpha value is -1.91. The summed E-state index contributed by atoms with van der Waals surface area (Å²) in [6, 6.07) is 5.37. The Morgan fingerprint density at radius 2 is 2.10 bits per heavy atom. The molecule has 0 saturated heterocycles. The third-order valence-electron chi connectivity index (χ3n) is 3.58. The lowest BCUT2D eigenvalue weighted by Gasteiger charge is -2.17. The zero-order valence-electron chi connectivity index (χ0n) is 12.0. The van der Waals surface area contributed by atoms with Crippen LogP contribution in [0.3, 0.4) is 0 Å². The predicted molar refractivity (Wildman–Crippen MR) is 78.0 cm³/mol. The number of aromatic carboxylic acids is 1. The first kappa shape index (κ1) is 14.5. The van der Waals surface area contributed by atoms with Crippen LogP contribution in [0.1, 0.15) is 62.4 Å². The number of carboxylic acids is 1. The molecule has 2 aromatic rings. The number of rotatable bonds is 7. The fourth-order valence-corrected chi connectivity index (χ4v) is 2.58. The summed E-state index contributed by atoms with van der Waals surface area (Å²) in [7, 11) is 0. The molecule has 0 aliphatic heterocycles. The molecule has 0 bridgehead atoms. The monoisotopic (exact) mass is 275 g/mol. The van der Waals surface area contributed by atoms with Gasteiger partial charge in [-0.1, -0.05) is 44.4 Å². The molecule has 0 fully saturated rings. The largest absolute Gasteiger partial charge is 0.478 e. The molecule has 0 amide bonds. The third-order valence-corrected chi connectivity index (χ3v) is 3.58. The number of aromatic nitrogens is 3. The van der Waals surface area contributed by atoms with E-state index in [-0.39, 0.29) is 11.6 Å². The smallest absolute Gasteiger partial charge is 0.337 e. The second-order valence-electron chi connectivity index (χ2n) is 5.10. The Morgan fingerprint density at radius 1 is 1.30 bits per heavy atom. The highest BCUT2D eigenvalue weighted by Crippen LogP contribution is 2.26. The molecule has 0 saturated carbocycles. The van der Waals surface area contributed by atoms with Crippen LogP contribution in [0.25, 0.3) is 11.0 Å². The lowest BCUT2D eigenvalue weighted by Crippen LogP contribution is -2.13. The maximum Gasteiger partial charge on any atom is 0.337 e. The summed E-state index contributed by atoms with van der Waals surface area (Å²) < 4.78 is 1.82. The quantitative estimate of drug-likeness (QED) is 0.837. The van der Waals surface area contributed by atoms with Crippen molar-refractivity contribution in [1.29, 1.82) is 0 Å². The van der Waals surface area contributed by atoms with Gasteiger partial charge in [-0.05, 0) is 25.0 Å². The van der Waals surface area contributed by atoms with Crippen molar-refractivity contribution in [1.82, 2.24) is 15.0 Å². The van der Waals surface area contributed by atoms with Gasteiger partial charge in [0, 0.05) is 0 Å². The number of hydrogen-bond acceptors (Lipinski definition) is 3. The molecule has 0 aliphatic carbocycles. The van der Waals surface area contributed by atoms with Crippen molar-refractivity contribution in [2.24, 2.45) is 0 Å². The highest BCUT2D eigenvalue weighted by molar-refractivity contribution is 6.00. The van der Waals surface area contributed by atoms with E-state index in [2.05, 4.69) is 24.2 Å². The number of benzene rings is 1. The van der Waals surface area contributed by atoms with E-state index in [1.54, 1.807) is 12.1 Å². The number of carboxylic acid groups (broad SMARTS) is 1. The van der Waals surface area contributed by atoms with Crippen LogP contribution in [0.2, 0.25) is 0 Å². The Bertz CT molecular complexity index is 592. The van der Waals surface area contributed by atoms with Gasteiger partial charge < -0.3 is 5.11 Å². The fraction of sp³-hybridized carbons (Fsp3) is 0.533. The van der Waals surface area contributed by atoms with Crippen LogP contribution < -0.4 is 0 Å². The molecule has 1 atom stereocenters. The standard InChI is InChI=1S/C15H21N3O2/c1-3-5-8-11(7-4-2)18-14-12(15(19)20)9-6-10-13(14)16-17-18/h6,9-11H,3-5,7-8H2,1-2H3,(H,19,20). The van der Waals surface area contributed by atoms with Crippen LogP contribution in [-0.2, 0) is 0 Å². The molecule has 20 heavy (non-hydrogen) atoms. The second-order valence-corrected chi connectivity index (χ2v) is 5.10. The summed E-state index contributed by atoms with van der Waals surface area (Å²) in [4.78, 5) is 11.4. The summed E-state index contributed by atoms with van der Waals surface area (Å²) in [5.41, 5.74) is 1.59. The van der Waals surface area contributed by atoms with Crippen LogP contribution in [0.15, 0.2) is 18.2 Å². The number of hydrogen-bond donors (Lipinski definition) is 1. The van der Waals surface area contributed by atoms with Crippen LogP contribution in [0.4, 0.5) is 0 Å². The molecule has 0 spiro atoms. The van der Waals surface area contributed by atoms with Gasteiger partial charge in [-0.3, -0.25) is 0 Å². The summed E-state index contributed by atoms with van der Waals surface area (Å²) in [5.74, 6) is -0.926. The maximum absolute atomic E-state index is 11.4. The first-order chi connectivity index (χ1) is 9.69. The van der Waals surface area contributed by atoms with Gasteiger partial charge in [0.2, 0.25) is 0 Å². The normalized spacial score (nSPS) is 12.7. The Kier molecular flexibility index (Phi) is 4.71. The van der Waals surface area contributed by atoms with Crippen molar-refractivity contribution >= 4 is 17.0 Å². The van der Waals surface area contributed by atoms with Gasteiger partial charge in [0.15, 0.2) is 0 Å². The van der Waals surface area contributed by atoms with Gasteiger partial charge >= 0.3 is 5.97 Å². The van der Waals surface area contributed by atoms with E-state index < -0.39 is 5.97 Å². The molecule has 2 rings (SSSR count). The lowest BCUT2D eigenvalue weighted by atomic mass is 10.0. The van der Waals surface area contributed by atoms with E-state index in [1.807, 2.05) is 10.7 Å². The molecular formula is C15H21N3O2. The van der Waals surface area contributed by atoms with E-state index in [4.69, 9.17) is 0 Å². The fourth-order valence-electron chi connectivity index (χ4n) is 2.58. The van der Waals surface area contributed by atoms with Crippen molar-refractivity contribution in [3.63, 3.8) is 0 Å². The highest BCUT2D eigenvalue weighted by atomic mass is 16.4. The predicted octanol–water partition coefficient (Wildman–Crippen LogP) is 3.66. The Labute approximate surface area is 118 Å². The zero-order valence-corrected chi connectivity index (χ0v) is 12.0. The van der Waals surface area contributed by atoms with Gasteiger partial charge in [-0.2, -0.15) is 0 Å². The number of carbonyl (C=O) groups is 1. The molecule has 1 N–H and O–H groups in total. The van der Waals surface area contributed by atoms with Crippen molar-refractivity contribution in [2.75, 3.05) is 0 Å². The number of para-hydroxylation sites is 1. The van der Waals surface area contributed by atoms with Crippen LogP contribution in [0, 0.1) is 0 Å². The molecule has 0 aliphatic rings. The van der Waals surface area contributed by atoms with Crippen molar-refractivity contribution < 1.29 is 9.90 Å². The second kappa shape index (κ2) is 6.50. The van der Waals surface area contributed by atoms with E-state index in [0.717, 1.165) is 32.1 Å². The van der Waals surface area contributed by atoms with Crippen LogP contribution in [0.5, 0.6) is 0 Å². The summed E-state index contributed by atoms with van der Waals surface area (Å²) >= 11 is 0. The maximum atomic E-state index is 11.4. The van der Waals surface area contributed by atoms with Crippen LogP contribution >= 0.6 is 0 Å². The first-order valence-electron chi connectivity index (χ1n) is 7.26. The van der Waals surface area contributed by atoms with Crippen molar-refractivity contribution in [3.8, 4) is 0 Å². The summed E-state index contributed by atoms with van der Waals surface area (Å²) in [6.45, 7) is 4.29. The first-order valence-corrected chi connectivity index (χ1v) is 7.26. The van der Waals surface area contributed by atoms with Gasteiger partial charge in [0.05, 0.1) is 11.6 Å². The minimum absolute atomic E-state index is 0.227. The summed E-state index contributed by atoms with van der Waals surface area (Å²) in [6.07, 6.45) is 5.29. The average molecular weight is 275 g/mol. The molecule has 5 nitrogen and oxygen atoms in total.